The molecule has 1 aliphatic heterocycles. The van der Waals surface area contributed by atoms with Crippen LogP contribution in [0.15, 0.2) is 47.2 Å². The zero-order valence-electron chi connectivity index (χ0n) is 10.8. The molecule has 0 aliphatic carbocycles. The summed E-state index contributed by atoms with van der Waals surface area (Å²) in [6, 6.07) is 12.4. The van der Waals surface area contributed by atoms with E-state index in [0.717, 1.165) is 18.0 Å². The highest BCUT2D eigenvalue weighted by molar-refractivity contribution is 7.09. The van der Waals surface area contributed by atoms with Crippen LogP contribution >= 0.6 is 11.3 Å². The van der Waals surface area contributed by atoms with Gasteiger partial charge in [-0.25, -0.2) is 0 Å². The van der Waals surface area contributed by atoms with Gasteiger partial charge in [-0.3, -0.25) is 0 Å². The van der Waals surface area contributed by atoms with Crippen molar-refractivity contribution in [2.45, 2.75) is 6.54 Å². The number of hydrogen-bond acceptors (Lipinski definition) is 4. The molecule has 20 heavy (non-hydrogen) atoms. The van der Waals surface area contributed by atoms with Gasteiger partial charge in [-0.1, -0.05) is 18.2 Å². The molecule has 4 heteroatoms. The predicted octanol–water partition coefficient (Wildman–Crippen LogP) is 4.24. The second kappa shape index (κ2) is 4.72. The van der Waals surface area contributed by atoms with Crippen LogP contribution in [0.25, 0.3) is 10.8 Å². The van der Waals surface area contributed by atoms with Crippen molar-refractivity contribution in [3.63, 3.8) is 0 Å². The van der Waals surface area contributed by atoms with Crippen LogP contribution in [0.3, 0.4) is 0 Å². The van der Waals surface area contributed by atoms with Crippen LogP contribution in [0.2, 0.25) is 0 Å². The van der Waals surface area contributed by atoms with Crippen LogP contribution in [-0.4, -0.2) is 6.79 Å². The van der Waals surface area contributed by atoms with Gasteiger partial charge in [0.25, 0.3) is 0 Å². The zero-order chi connectivity index (χ0) is 13.4. The van der Waals surface area contributed by atoms with E-state index >= 15 is 0 Å². The summed E-state index contributed by atoms with van der Waals surface area (Å²) >= 11 is 1.73. The molecular weight excluding hydrogens is 270 g/mol. The van der Waals surface area contributed by atoms with E-state index in [4.69, 9.17) is 9.47 Å². The minimum absolute atomic E-state index is 0.320. The van der Waals surface area contributed by atoms with Crippen LogP contribution in [0.4, 0.5) is 5.69 Å². The lowest BCUT2D eigenvalue weighted by atomic mass is 10.1. The molecule has 2 heterocycles. The monoisotopic (exact) mass is 283 g/mol. The van der Waals surface area contributed by atoms with Crippen LogP contribution in [-0.2, 0) is 6.54 Å². The quantitative estimate of drug-likeness (QED) is 0.779. The lowest BCUT2D eigenvalue weighted by Crippen LogP contribution is -1.99. The van der Waals surface area contributed by atoms with Crippen molar-refractivity contribution in [3.05, 3.63) is 52.7 Å². The first-order valence-corrected chi connectivity index (χ1v) is 7.42. The highest BCUT2D eigenvalue weighted by Gasteiger charge is 2.13. The summed E-state index contributed by atoms with van der Waals surface area (Å²) in [6.45, 7) is 1.09. The van der Waals surface area contributed by atoms with Crippen molar-refractivity contribution in [2.24, 2.45) is 0 Å². The van der Waals surface area contributed by atoms with Gasteiger partial charge in [0.2, 0.25) is 6.79 Å². The van der Waals surface area contributed by atoms with E-state index in [1.165, 1.54) is 22.0 Å². The predicted molar refractivity (Wildman–Crippen MR) is 81.7 cm³/mol. The molecule has 0 bridgehead atoms. The molecule has 0 saturated heterocycles. The molecule has 0 saturated carbocycles. The van der Waals surface area contributed by atoms with Gasteiger partial charge >= 0.3 is 0 Å². The minimum Gasteiger partial charge on any atom is -0.454 e. The van der Waals surface area contributed by atoms with Gasteiger partial charge in [-0.05, 0) is 34.5 Å². The second-order valence-electron chi connectivity index (χ2n) is 4.72. The van der Waals surface area contributed by atoms with E-state index in [2.05, 4.69) is 40.3 Å². The van der Waals surface area contributed by atoms with Crippen molar-refractivity contribution in [1.82, 2.24) is 0 Å². The third kappa shape index (κ3) is 1.98. The average Bonchev–Trinajstić information content (AvgIpc) is 3.13. The van der Waals surface area contributed by atoms with Crippen molar-refractivity contribution in [2.75, 3.05) is 12.1 Å². The average molecular weight is 283 g/mol. The molecule has 0 spiro atoms. The summed E-state index contributed by atoms with van der Waals surface area (Å²) in [4.78, 5) is 0. The SMILES string of the molecule is c1cc(NCc2ccc3c(c2)OCO3)c2cscc2c1. The summed E-state index contributed by atoms with van der Waals surface area (Å²) in [6.07, 6.45) is 0. The van der Waals surface area contributed by atoms with Gasteiger partial charge in [0.05, 0.1) is 0 Å². The van der Waals surface area contributed by atoms with E-state index in [-0.39, 0.29) is 0 Å². The lowest BCUT2D eigenvalue weighted by Gasteiger charge is -2.08. The van der Waals surface area contributed by atoms with Gasteiger partial charge in [0.15, 0.2) is 11.5 Å². The Morgan fingerprint density at radius 2 is 2.00 bits per heavy atom. The first-order chi connectivity index (χ1) is 9.90. The van der Waals surface area contributed by atoms with E-state index in [1.807, 2.05) is 12.1 Å². The maximum absolute atomic E-state index is 5.40. The number of fused-ring (bicyclic) bond motifs is 2. The van der Waals surface area contributed by atoms with Gasteiger partial charge < -0.3 is 14.8 Å². The number of anilines is 1. The fourth-order valence-electron chi connectivity index (χ4n) is 2.40. The summed E-state index contributed by atoms with van der Waals surface area (Å²) < 4.78 is 10.7. The third-order valence-electron chi connectivity index (χ3n) is 3.44. The molecule has 0 unspecified atom stereocenters. The number of benzene rings is 2. The summed E-state index contributed by atoms with van der Waals surface area (Å²) in [5.74, 6) is 1.66. The normalized spacial score (nSPS) is 12.8. The van der Waals surface area contributed by atoms with Crippen LogP contribution < -0.4 is 14.8 Å². The molecule has 0 amide bonds. The maximum Gasteiger partial charge on any atom is 0.231 e. The second-order valence-corrected chi connectivity index (χ2v) is 5.46. The standard InChI is InChI=1S/C16H13NO2S/c1-2-12-8-20-9-13(12)14(3-1)17-7-11-4-5-15-16(6-11)19-10-18-15/h1-6,8-9,17H,7,10H2. The molecule has 3 nitrogen and oxygen atoms in total. The summed E-state index contributed by atoms with van der Waals surface area (Å²) in [7, 11) is 0. The molecule has 2 aromatic carbocycles. The smallest absolute Gasteiger partial charge is 0.231 e. The van der Waals surface area contributed by atoms with Gasteiger partial charge in [-0.15, -0.1) is 0 Å². The Labute approximate surface area is 120 Å². The number of ether oxygens (including phenoxy) is 2. The number of hydrogen-bond donors (Lipinski definition) is 1. The molecule has 0 fully saturated rings. The van der Waals surface area contributed by atoms with Gasteiger partial charge in [0.1, 0.15) is 0 Å². The Balaban J connectivity index is 1.57. The molecule has 0 atom stereocenters. The number of rotatable bonds is 3. The molecule has 0 radical (unpaired) electrons. The molecule has 1 N–H and O–H groups in total. The van der Waals surface area contributed by atoms with Gasteiger partial charge in [-0.2, -0.15) is 11.3 Å². The largest absolute Gasteiger partial charge is 0.454 e. The Morgan fingerprint density at radius 3 is 3.00 bits per heavy atom. The van der Waals surface area contributed by atoms with E-state index in [9.17, 15) is 0 Å². The first kappa shape index (κ1) is 11.6. The minimum atomic E-state index is 0.320. The summed E-state index contributed by atoms with van der Waals surface area (Å²) in [5.41, 5.74) is 2.35. The van der Waals surface area contributed by atoms with Crippen molar-refractivity contribution in [3.8, 4) is 11.5 Å². The Kier molecular flexibility index (Phi) is 2.74. The Bertz CT molecular complexity index is 766. The van der Waals surface area contributed by atoms with Crippen LogP contribution in [0.5, 0.6) is 11.5 Å². The fourth-order valence-corrected chi connectivity index (χ4v) is 3.21. The lowest BCUT2D eigenvalue weighted by molar-refractivity contribution is 0.174. The first-order valence-electron chi connectivity index (χ1n) is 6.47. The molecule has 1 aliphatic rings. The van der Waals surface area contributed by atoms with Crippen LogP contribution in [0.1, 0.15) is 5.56 Å². The fraction of sp³-hybridized carbons (Fsp3) is 0.125. The topological polar surface area (TPSA) is 30.5 Å². The van der Waals surface area contributed by atoms with E-state index < -0.39 is 0 Å². The third-order valence-corrected chi connectivity index (χ3v) is 4.20. The zero-order valence-corrected chi connectivity index (χ0v) is 11.6. The molecule has 4 rings (SSSR count). The maximum atomic E-state index is 5.40. The highest BCUT2D eigenvalue weighted by atomic mass is 32.1. The molecule has 3 aromatic rings. The Hall–Kier alpha value is -2.20. The van der Waals surface area contributed by atoms with E-state index in [1.54, 1.807) is 11.3 Å². The van der Waals surface area contributed by atoms with Gasteiger partial charge in [0, 0.05) is 23.0 Å². The summed E-state index contributed by atoms with van der Waals surface area (Å²) in [5, 5.41) is 10.4. The highest BCUT2D eigenvalue weighted by Crippen LogP contribution is 2.33. The van der Waals surface area contributed by atoms with Crippen molar-refractivity contribution >= 4 is 27.8 Å². The van der Waals surface area contributed by atoms with E-state index in [0.29, 0.717) is 6.79 Å². The number of nitrogens with one attached hydrogen (secondary N) is 1. The molecular formula is C16H13NO2S. The molecule has 100 valence electrons. The Morgan fingerprint density at radius 1 is 1.05 bits per heavy atom. The molecule has 1 aromatic heterocycles. The van der Waals surface area contributed by atoms with Crippen molar-refractivity contribution in [1.29, 1.82) is 0 Å². The number of thiophene rings is 1. The van der Waals surface area contributed by atoms with Crippen LogP contribution in [0, 0.1) is 0 Å². The van der Waals surface area contributed by atoms with Crippen molar-refractivity contribution < 1.29 is 9.47 Å².